The first-order valence-corrected chi connectivity index (χ1v) is 7.25. The Morgan fingerprint density at radius 3 is 2.48 bits per heavy atom. The fourth-order valence-electron chi connectivity index (χ4n) is 2.07. The molecule has 0 amide bonds. The highest BCUT2D eigenvalue weighted by Crippen LogP contribution is 2.37. The van der Waals surface area contributed by atoms with Gasteiger partial charge in [0, 0.05) is 33.3 Å². The number of aliphatic hydroxyl groups is 1. The summed E-state index contributed by atoms with van der Waals surface area (Å²) < 4.78 is 5.84. The molecule has 0 unspecified atom stereocenters. The summed E-state index contributed by atoms with van der Waals surface area (Å²) in [6.07, 6.45) is 0. The average molecular weight is 343 g/mol. The van der Waals surface area contributed by atoms with Crippen molar-refractivity contribution in [3.8, 4) is 11.5 Å². The highest BCUT2D eigenvalue weighted by atomic mass is 35.5. The Morgan fingerprint density at radius 2 is 1.71 bits per heavy atom. The zero-order valence-electron chi connectivity index (χ0n) is 10.7. The van der Waals surface area contributed by atoms with E-state index in [0.29, 0.717) is 32.3 Å². The normalized spacial score (nSPS) is 11.0. The van der Waals surface area contributed by atoms with Crippen LogP contribution in [0.1, 0.15) is 5.69 Å². The Hall–Kier alpha value is -1.39. The number of hydrogen-bond donors (Lipinski definition) is 2. The number of rotatable bonds is 3. The van der Waals surface area contributed by atoms with Crippen LogP contribution < -0.4 is 4.74 Å². The van der Waals surface area contributed by atoms with Crippen molar-refractivity contribution in [1.29, 1.82) is 0 Å². The summed E-state index contributed by atoms with van der Waals surface area (Å²) in [6, 6.07) is 10.2. The topological polar surface area (TPSA) is 45.2 Å². The number of halogens is 3. The molecule has 2 N–H and O–H groups in total. The summed E-state index contributed by atoms with van der Waals surface area (Å²) in [5, 5.41) is 11.5. The minimum atomic E-state index is -0.0936. The molecule has 0 atom stereocenters. The average Bonchev–Trinajstić information content (AvgIpc) is 2.86. The van der Waals surface area contributed by atoms with Crippen LogP contribution in [0.25, 0.3) is 10.9 Å². The standard InChI is InChI=1S/C15H10Cl3NO2/c16-8-1-2-12(18)15(4-8)21-14-5-9(17)3-13-11(14)6-10(7-20)19-13/h1-6,19-20H,7H2. The summed E-state index contributed by atoms with van der Waals surface area (Å²) in [5.74, 6) is 0.983. The van der Waals surface area contributed by atoms with Crippen molar-refractivity contribution in [3.63, 3.8) is 0 Å². The van der Waals surface area contributed by atoms with Crippen LogP contribution in [0.3, 0.4) is 0 Å². The van der Waals surface area contributed by atoms with Crippen LogP contribution in [-0.2, 0) is 6.61 Å². The van der Waals surface area contributed by atoms with E-state index in [2.05, 4.69) is 4.98 Å². The second kappa shape index (κ2) is 5.78. The lowest BCUT2D eigenvalue weighted by molar-refractivity contribution is 0.278. The summed E-state index contributed by atoms with van der Waals surface area (Å²) in [4.78, 5) is 3.06. The van der Waals surface area contributed by atoms with Gasteiger partial charge >= 0.3 is 0 Å². The van der Waals surface area contributed by atoms with Crippen molar-refractivity contribution in [1.82, 2.24) is 4.98 Å². The van der Waals surface area contributed by atoms with E-state index < -0.39 is 0 Å². The quantitative estimate of drug-likeness (QED) is 0.668. The molecule has 0 radical (unpaired) electrons. The zero-order chi connectivity index (χ0) is 15.0. The molecule has 0 aliphatic rings. The molecule has 108 valence electrons. The third-order valence-corrected chi connectivity index (χ3v) is 3.77. The highest BCUT2D eigenvalue weighted by molar-refractivity contribution is 6.34. The van der Waals surface area contributed by atoms with Gasteiger partial charge in [0.15, 0.2) is 0 Å². The van der Waals surface area contributed by atoms with Crippen molar-refractivity contribution in [3.05, 3.63) is 57.2 Å². The van der Waals surface area contributed by atoms with Gasteiger partial charge in [-0.25, -0.2) is 0 Å². The van der Waals surface area contributed by atoms with Crippen LogP contribution in [-0.4, -0.2) is 10.1 Å². The second-order valence-corrected chi connectivity index (χ2v) is 5.77. The van der Waals surface area contributed by atoms with Crippen molar-refractivity contribution in [2.45, 2.75) is 6.61 Å². The van der Waals surface area contributed by atoms with Gasteiger partial charge in [-0.1, -0.05) is 34.8 Å². The van der Waals surface area contributed by atoms with Gasteiger partial charge < -0.3 is 14.8 Å². The van der Waals surface area contributed by atoms with Gasteiger partial charge in [0.05, 0.1) is 17.1 Å². The molecule has 3 nitrogen and oxygen atoms in total. The van der Waals surface area contributed by atoms with Crippen molar-refractivity contribution < 1.29 is 9.84 Å². The number of aliphatic hydroxyl groups excluding tert-OH is 1. The maximum atomic E-state index is 9.23. The smallest absolute Gasteiger partial charge is 0.147 e. The number of aromatic amines is 1. The first-order valence-electron chi connectivity index (χ1n) is 6.12. The van der Waals surface area contributed by atoms with Crippen LogP contribution in [0.15, 0.2) is 36.4 Å². The lowest BCUT2D eigenvalue weighted by Crippen LogP contribution is -1.86. The summed E-state index contributed by atoms with van der Waals surface area (Å²) in [6.45, 7) is -0.0936. The fraction of sp³-hybridized carbons (Fsp3) is 0.0667. The van der Waals surface area contributed by atoms with Gasteiger partial charge in [0.25, 0.3) is 0 Å². The van der Waals surface area contributed by atoms with Gasteiger partial charge in [-0.15, -0.1) is 0 Å². The van der Waals surface area contributed by atoms with Crippen LogP contribution in [0.4, 0.5) is 0 Å². The second-order valence-electron chi connectivity index (χ2n) is 4.49. The monoisotopic (exact) mass is 341 g/mol. The molecule has 0 saturated heterocycles. The van der Waals surface area contributed by atoms with E-state index in [1.807, 2.05) is 0 Å². The first kappa shape index (κ1) is 14.5. The molecule has 0 bridgehead atoms. The molecule has 0 spiro atoms. The lowest BCUT2D eigenvalue weighted by atomic mass is 10.2. The summed E-state index contributed by atoms with van der Waals surface area (Å²) >= 11 is 18.2. The molecule has 21 heavy (non-hydrogen) atoms. The van der Waals surface area contributed by atoms with E-state index in [1.54, 1.807) is 36.4 Å². The zero-order valence-corrected chi connectivity index (χ0v) is 12.9. The molecule has 2 aromatic carbocycles. The van der Waals surface area contributed by atoms with Gasteiger partial charge in [0.2, 0.25) is 0 Å². The number of H-pyrrole nitrogens is 1. The predicted molar refractivity (Wildman–Crippen MR) is 85.8 cm³/mol. The Labute approximate surface area is 136 Å². The fourth-order valence-corrected chi connectivity index (χ4v) is 2.60. The van der Waals surface area contributed by atoms with Gasteiger partial charge in [0.1, 0.15) is 11.5 Å². The van der Waals surface area contributed by atoms with E-state index in [-0.39, 0.29) is 6.61 Å². The SMILES string of the molecule is OCc1cc2c(Oc3cc(Cl)ccc3Cl)cc(Cl)cc2[nH]1. The minimum absolute atomic E-state index is 0.0936. The van der Waals surface area contributed by atoms with E-state index in [9.17, 15) is 5.11 Å². The van der Waals surface area contributed by atoms with Gasteiger partial charge in [-0.2, -0.15) is 0 Å². The van der Waals surface area contributed by atoms with E-state index in [0.717, 1.165) is 10.9 Å². The Kier molecular flexibility index (Phi) is 4.00. The number of nitrogens with one attached hydrogen (secondary N) is 1. The van der Waals surface area contributed by atoms with Gasteiger partial charge in [-0.3, -0.25) is 0 Å². The molecule has 1 heterocycles. The third kappa shape index (κ3) is 2.97. The largest absolute Gasteiger partial charge is 0.455 e. The minimum Gasteiger partial charge on any atom is -0.455 e. The molecule has 6 heteroatoms. The van der Waals surface area contributed by atoms with Crippen molar-refractivity contribution in [2.24, 2.45) is 0 Å². The predicted octanol–water partition coefficient (Wildman–Crippen LogP) is 5.41. The first-order chi connectivity index (χ1) is 10.1. The Morgan fingerprint density at radius 1 is 0.952 bits per heavy atom. The molecule has 0 fully saturated rings. The summed E-state index contributed by atoms with van der Waals surface area (Å²) in [5.41, 5.74) is 1.45. The Balaban J connectivity index is 2.11. The molecule has 3 aromatic rings. The van der Waals surface area contributed by atoms with E-state index in [1.165, 1.54) is 0 Å². The maximum absolute atomic E-state index is 9.23. The third-order valence-electron chi connectivity index (χ3n) is 3.00. The number of ether oxygens (including phenoxy) is 1. The van der Waals surface area contributed by atoms with E-state index in [4.69, 9.17) is 39.5 Å². The molecule has 0 saturated carbocycles. The molecular formula is C15H10Cl3NO2. The van der Waals surface area contributed by atoms with E-state index >= 15 is 0 Å². The van der Waals surface area contributed by atoms with Crippen LogP contribution in [0.5, 0.6) is 11.5 Å². The number of fused-ring (bicyclic) bond motifs is 1. The maximum Gasteiger partial charge on any atom is 0.147 e. The van der Waals surface area contributed by atoms with Crippen LogP contribution in [0.2, 0.25) is 15.1 Å². The van der Waals surface area contributed by atoms with Crippen molar-refractivity contribution in [2.75, 3.05) is 0 Å². The molecular weight excluding hydrogens is 333 g/mol. The summed E-state index contributed by atoms with van der Waals surface area (Å²) in [7, 11) is 0. The molecule has 0 aliphatic heterocycles. The molecule has 1 aromatic heterocycles. The number of aromatic nitrogens is 1. The Bertz CT molecular complexity index is 814. The molecule has 0 aliphatic carbocycles. The lowest BCUT2D eigenvalue weighted by Gasteiger charge is -2.09. The highest BCUT2D eigenvalue weighted by Gasteiger charge is 2.11. The number of benzene rings is 2. The van der Waals surface area contributed by atoms with Crippen molar-refractivity contribution >= 4 is 45.7 Å². The van der Waals surface area contributed by atoms with Crippen LogP contribution in [0, 0.1) is 0 Å². The van der Waals surface area contributed by atoms with Gasteiger partial charge in [-0.05, 0) is 24.3 Å². The number of hydrogen-bond acceptors (Lipinski definition) is 2. The molecule has 3 rings (SSSR count). The van der Waals surface area contributed by atoms with Crippen LogP contribution >= 0.6 is 34.8 Å².